The molecule has 16 heavy (non-hydrogen) atoms. The third kappa shape index (κ3) is 2.20. The topological polar surface area (TPSA) is 38.1 Å². The lowest BCUT2D eigenvalue weighted by Crippen LogP contribution is -2.39. The van der Waals surface area contributed by atoms with Gasteiger partial charge in [0.1, 0.15) is 5.69 Å². The molecule has 1 saturated heterocycles. The lowest BCUT2D eigenvalue weighted by atomic mass is 10.3. The highest BCUT2D eigenvalue weighted by Crippen LogP contribution is 2.19. The minimum Gasteiger partial charge on any atom is -0.336 e. The van der Waals surface area contributed by atoms with E-state index in [2.05, 4.69) is 5.10 Å². The first-order valence-corrected chi connectivity index (χ1v) is 6.85. The zero-order valence-electron chi connectivity index (χ0n) is 9.15. The highest BCUT2D eigenvalue weighted by atomic mass is 35.5. The first kappa shape index (κ1) is 11.8. The summed E-state index contributed by atoms with van der Waals surface area (Å²) in [5.74, 6) is 2.01. The number of carbonyl (C=O) groups is 1. The SMILES string of the molecule is CCn1ncc(Cl)c1C(=O)N1CCSCC1. The van der Waals surface area contributed by atoms with Crippen LogP contribution in [0.2, 0.25) is 5.02 Å². The Labute approximate surface area is 104 Å². The molecule has 0 atom stereocenters. The van der Waals surface area contributed by atoms with Crippen LogP contribution in [0, 0.1) is 0 Å². The van der Waals surface area contributed by atoms with Crippen molar-refractivity contribution < 1.29 is 4.79 Å². The second-order valence-corrected chi connectivity index (χ2v) is 5.19. The first-order valence-electron chi connectivity index (χ1n) is 5.32. The Morgan fingerprint density at radius 2 is 2.25 bits per heavy atom. The summed E-state index contributed by atoms with van der Waals surface area (Å²) >= 11 is 7.88. The number of hydrogen-bond donors (Lipinski definition) is 0. The average molecular weight is 260 g/mol. The van der Waals surface area contributed by atoms with Crippen LogP contribution in [0.5, 0.6) is 0 Å². The van der Waals surface area contributed by atoms with E-state index in [1.54, 1.807) is 4.68 Å². The Hall–Kier alpha value is -0.680. The molecule has 0 N–H and O–H groups in total. The summed E-state index contributed by atoms with van der Waals surface area (Å²) in [5.41, 5.74) is 0.524. The van der Waals surface area contributed by atoms with Crippen LogP contribution in [0.3, 0.4) is 0 Å². The van der Waals surface area contributed by atoms with Crippen LogP contribution in [-0.4, -0.2) is 45.2 Å². The quantitative estimate of drug-likeness (QED) is 0.812. The zero-order chi connectivity index (χ0) is 11.5. The van der Waals surface area contributed by atoms with Gasteiger partial charge in [-0.25, -0.2) is 0 Å². The number of amides is 1. The van der Waals surface area contributed by atoms with Crippen LogP contribution in [0.15, 0.2) is 6.20 Å². The Morgan fingerprint density at radius 1 is 1.56 bits per heavy atom. The van der Waals surface area contributed by atoms with Gasteiger partial charge in [0, 0.05) is 31.1 Å². The molecule has 0 bridgehead atoms. The summed E-state index contributed by atoms with van der Waals surface area (Å²) in [7, 11) is 0. The van der Waals surface area contributed by atoms with Crippen molar-refractivity contribution in [3.63, 3.8) is 0 Å². The summed E-state index contributed by atoms with van der Waals surface area (Å²) in [6.45, 7) is 4.21. The van der Waals surface area contributed by atoms with E-state index in [0.717, 1.165) is 24.6 Å². The molecule has 2 rings (SSSR count). The van der Waals surface area contributed by atoms with Gasteiger partial charge in [-0.15, -0.1) is 0 Å². The maximum Gasteiger partial charge on any atom is 0.273 e. The van der Waals surface area contributed by atoms with Crippen LogP contribution in [0.1, 0.15) is 17.4 Å². The molecule has 6 heteroatoms. The summed E-state index contributed by atoms with van der Waals surface area (Å²) in [6.07, 6.45) is 1.54. The summed E-state index contributed by atoms with van der Waals surface area (Å²) in [5, 5.41) is 4.53. The van der Waals surface area contributed by atoms with E-state index < -0.39 is 0 Å². The van der Waals surface area contributed by atoms with Gasteiger partial charge in [0.05, 0.1) is 11.2 Å². The largest absolute Gasteiger partial charge is 0.336 e. The fourth-order valence-corrected chi connectivity index (χ4v) is 2.86. The van der Waals surface area contributed by atoms with Gasteiger partial charge >= 0.3 is 0 Å². The fourth-order valence-electron chi connectivity index (χ4n) is 1.73. The van der Waals surface area contributed by atoms with Crippen molar-refractivity contribution in [2.75, 3.05) is 24.6 Å². The third-order valence-electron chi connectivity index (χ3n) is 2.60. The molecule has 1 fully saturated rings. The van der Waals surface area contributed by atoms with Gasteiger partial charge in [0.15, 0.2) is 0 Å². The molecule has 2 heterocycles. The van der Waals surface area contributed by atoms with Crippen molar-refractivity contribution in [3.05, 3.63) is 16.9 Å². The smallest absolute Gasteiger partial charge is 0.273 e. The fraction of sp³-hybridized carbons (Fsp3) is 0.600. The van der Waals surface area contributed by atoms with Gasteiger partial charge in [-0.05, 0) is 6.92 Å². The van der Waals surface area contributed by atoms with E-state index in [0.29, 0.717) is 17.3 Å². The third-order valence-corrected chi connectivity index (χ3v) is 3.81. The van der Waals surface area contributed by atoms with E-state index in [1.165, 1.54) is 6.20 Å². The maximum atomic E-state index is 12.2. The van der Waals surface area contributed by atoms with Crippen LogP contribution in [0.4, 0.5) is 0 Å². The second-order valence-electron chi connectivity index (χ2n) is 3.56. The van der Waals surface area contributed by atoms with Crippen molar-refractivity contribution in [3.8, 4) is 0 Å². The summed E-state index contributed by atoms with van der Waals surface area (Å²) in [6, 6.07) is 0. The van der Waals surface area contributed by atoms with Crippen LogP contribution in [0.25, 0.3) is 0 Å². The van der Waals surface area contributed by atoms with E-state index >= 15 is 0 Å². The lowest BCUT2D eigenvalue weighted by molar-refractivity contribution is 0.0760. The predicted octanol–water partition coefficient (Wildman–Crippen LogP) is 1.75. The molecule has 1 aromatic heterocycles. The molecular formula is C10H14ClN3OS. The van der Waals surface area contributed by atoms with E-state index in [4.69, 9.17) is 11.6 Å². The Balaban J connectivity index is 2.21. The minimum absolute atomic E-state index is 0.00431. The lowest BCUT2D eigenvalue weighted by Gasteiger charge is -2.26. The Morgan fingerprint density at radius 3 is 2.88 bits per heavy atom. The molecule has 1 aromatic rings. The molecule has 0 saturated carbocycles. The molecule has 0 unspecified atom stereocenters. The zero-order valence-corrected chi connectivity index (χ0v) is 10.7. The van der Waals surface area contributed by atoms with Gasteiger partial charge in [0.25, 0.3) is 5.91 Å². The minimum atomic E-state index is 0.00431. The summed E-state index contributed by atoms with van der Waals surface area (Å²) < 4.78 is 1.66. The molecule has 4 nitrogen and oxygen atoms in total. The van der Waals surface area contributed by atoms with E-state index in [9.17, 15) is 4.79 Å². The number of rotatable bonds is 2. The van der Waals surface area contributed by atoms with Gasteiger partial charge in [-0.1, -0.05) is 11.6 Å². The predicted molar refractivity (Wildman–Crippen MR) is 66.1 cm³/mol. The summed E-state index contributed by atoms with van der Waals surface area (Å²) in [4.78, 5) is 14.1. The number of halogens is 1. The monoisotopic (exact) mass is 259 g/mol. The molecule has 0 spiro atoms. The highest BCUT2D eigenvalue weighted by molar-refractivity contribution is 7.99. The normalized spacial score (nSPS) is 16.5. The molecule has 1 aliphatic rings. The van der Waals surface area contributed by atoms with Crippen molar-refractivity contribution in [2.24, 2.45) is 0 Å². The molecule has 1 amide bonds. The van der Waals surface area contributed by atoms with Crippen molar-refractivity contribution >= 4 is 29.3 Å². The number of carbonyl (C=O) groups excluding carboxylic acids is 1. The Bertz CT molecular complexity index is 387. The maximum absolute atomic E-state index is 12.2. The van der Waals surface area contributed by atoms with Crippen molar-refractivity contribution in [1.29, 1.82) is 0 Å². The van der Waals surface area contributed by atoms with Crippen molar-refractivity contribution in [2.45, 2.75) is 13.5 Å². The number of nitrogens with zero attached hydrogens (tertiary/aromatic N) is 3. The van der Waals surface area contributed by atoms with Crippen molar-refractivity contribution in [1.82, 2.24) is 14.7 Å². The molecule has 88 valence electrons. The van der Waals surface area contributed by atoms with Gasteiger partial charge in [-0.2, -0.15) is 16.9 Å². The van der Waals surface area contributed by atoms with Gasteiger partial charge in [0.2, 0.25) is 0 Å². The Kier molecular flexibility index (Phi) is 3.76. The van der Waals surface area contributed by atoms with Crippen LogP contribution >= 0.6 is 23.4 Å². The second kappa shape index (κ2) is 5.10. The van der Waals surface area contributed by atoms with E-state index in [1.807, 2.05) is 23.6 Å². The molecule has 0 aromatic carbocycles. The average Bonchev–Trinajstić information content (AvgIpc) is 2.70. The number of hydrogen-bond acceptors (Lipinski definition) is 3. The van der Waals surface area contributed by atoms with E-state index in [-0.39, 0.29) is 5.91 Å². The van der Waals surface area contributed by atoms with Gasteiger partial charge < -0.3 is 4.90 Å². The van der Waals surface area contributed by atoms with Crippen LogP contribution < -0.4 is 0 Å². The number of aromatic nitrogens is 2. The molecule has 1 aliphatic heterocycles. The van der Waals surface area contributed by atoms with Gasteiger partial charge in [-0.3, -0.25) is 9.48 Å². The number of thioether (sulfide) groups is 1. The molecule has 0 radical (unpaired) electrons. The standard InChI is InChI=1S/C10H14ClN3OS/c1-2-14-9(8(11)7-12-14)10(15)13-3-5-16-6-4-13/h7H,2-6H2,1H3. The first-order chi connectivity index (χ1) is 7.74. The number of aryl methyl sites for hydroxylation is 1. The highest BCUT2D eigenvalue weighted by Gasteiger charge is 2.24. The molecule has 0 aliphatic carbocycles. The molecular weight excluding hydrogens is 246 g/mol. The van der Waals surface area contributed by atoms with Crippen LogP contribution in [-0.2, 0) is 6.54 Å².